The van der Waals surface area contributed by atoms with Gasteiger partial charge in [-0.15, -0.1) is 11.3 Å². The highest BCUT2D eigenvalue weighted by Crippen LogP contribution is 2.25. The average Bonchev–Trinajstić information content (AvgIpc) is 3.23. The second kappa shape index (κ2) is 9.80. The molecule has 2 saturated heterocycles. The zero-order chi connectivity index (χ0) is 20.1. The number of nitrogens with zero attached hydrogens (tertiary/aromatic N) is 4. The molecule has 0 bridgehead atoms. The molecule has 0 saturated carbocycles. The molecule has 2 aliphatic heterocycles. The number of carbonyl (C=O) groups excluding carboxylic acids is 1. The zero-order valence-corrected chi connectivity index (χ0v) is 18.0. The first kappa shape index (κ1) is 20.5. The molecule has 1 aromatic heterocycles. The van der Waals surface area contributed by atoms with Gasteiger partial charge in [0.2, 0.25) is 5.91 Å². The van der Waals surface area contributed by atoms with Gasteiger partial charge in [0.15, 0.2) is 0 Å². The Balaban J connectivity index is 1.32. The smallest absolute Gasteiger partial charge is 0.228 e. The van der Waals surface area contributed by atoms with E-state index in [-0.39, 0.29) is 5.91 Å². The Morgan fingerprint density at radius 1 is 1.03 bits per heavy atom. The lowest BCUT2D eigenvalue weighted by molar-refractivity contribution is -0.132. The van der Waals surface area contributed by atoms with E-state index in [2.05, 4.69) is 41.0 Å². The minimum atomic E-state index is 0.193. The van der Waals surface area contributed by atoms with Crippen LogP contribution in [0.3, 0.4) is 0 Å². The van der Waals surface area contributed by atoms with Crippen molar-refractivity contribution in [1.29, 1.82) is 0 Å². The fourth-order valence-corrected chi connectivity index (χ4v) is 4.70. The van der Waals surface area contributed by atoms with Gasteiger partial charge in [-0.3, -0.25) is 9.69 Å². The van der Waals surface area contributed by atoms with Crippen molar-refractivity contribution in [3.8, 4) is 10.6 Å². The second-order valence-corrected chi connectivity index (χ2v) is 8.58. The minimum Gasteiger partial charge on any atom is -0.379 e. The monoisotopic (exact) mass is 414 g/mol. The number of morpholine rings is 1. The lowest BCUT2D eigenvalue weighted by Gasteiger charge is -2.34. The van der Waals surface area contributed by atoms with Crippen LogP contribution in [0.2, 0.25) is 0 Å². The van der Waals surface area contributed by atoms with E-state index in [9.17, 15) is 4.79 Å². The van der Waals surface area contributed by atoms with Gasteiger partial charge in [0, 0.05) is 56.8 Å². The van der Waals surface area contributed by atoms with E-state index in [0.717, 1.165) is 81.8 Å². The van der Waals surface area contributed by atoms with E-state index in [4.69, 9.17) is 9.72 Å². The van der Waals surface area contributed by atoms with Crippen LogP contribution >= 0.6 is 11.3 Å². The Morgan fingerprint density at radius 3 is 2.45 bits per heavy atom. The van der Waals surface area contributed by atoms with E-state index in [0.29, 0.717) is 6.42 Å². The number of aromatic nitrogens is 1. The van der Waals surface area contributed by atoms with Gasteiger partial charge in [-0.05, 0) is 12.1 Å². The van der Waals surface area contributed by atoms with Crippen LogP contribution in [-0.2, 0) is 22.5 Å². The number of likely N-dealkylation sites (N-methyl/N-ethyl adjacent to an activating group) is 1. The van der Waals surface area contributed by atoms with Crippen molar-refractivity contribution >= 4 is 17.2 Å². The third kappa shape index (κ3) is 5.42. The summed E-state index contributed by atoms with van der Waals surface area (Å²) >= 11 is 1.62. The van der Waals surface area contributed by atoms with Gasteiger partial charge in [0.25, 0.3) is 0 Å². The molecule has 0 unspecified atom stereocenters. The molecular weight excluding hydrogens is 384 g/mol. The predicted octanol–water partition coefficient (Wildman–Crippen LogP) is 2.35. The lowest BCUT2D eigenvalue weighted by Crippen LogP contribution is -2.48. The van der Waals surface area contributed by atoms with Crippen molar-refractivity contribution in [3.05, 3.63) is 40.9 Å². The molecule has 7 heteroatoms. The summed E-state index contributed by atoms with van der Waals surface area (Å²) in [6.07, 6.45) is 0.401. The first-order valence-electron chi connectivity index (χ1n) is 10.5. The highest BCUT2D eigenvalue weighted by Gasteiger charge is 2.21. The van der Waals surface area contributed by atoms with Crippen molar-refractivity contribution in [1.82, 2.24) is 19.7 Å². The molecule has 29 heavy (non-hydrogen) atoms. The number of hydrogen-bond acceptors (Lipinski definition) is 6. The summed E-state index contributed by atoms with van der Waals surface area (Å²) < 4.78 is 5.41. The van der Waals surface area contributed by atoms with Crippen LogP contribution in [0.5, 0.6) is 0 Å². The largest absolute Gasteiger partial charge is 0.379 e. The van der Waals surface area contributed by atoms with Crippen LogP contribution in [0.1, 0.15) is 18.2 Å². The number of carbonyl (C=O) groups is 1. The fraction of sp³-hybridized carbons (Fsp3) is 0.545. The predicted molar refractivity (Wildman–Crippen MR) is 116 cm³/mol. The maximum absolute atomic E-state index is 12.6. The van der Waals surface area contributed by atoms with Gasteiger partial charge in [0.05, 0.1) is 25.3 Å². The van der Waals surface area contributed by atoms with Crippen molar-refractivity contribution < 1.29 is 9.53 Å². The Morgan fingerprint density at radius 2 is 1.76 bits per heavy atom. The number of hydrogen-bond donors (Lipinski definition) is 0. The number of piperazine rings is 1. The van der Waals surface area contributed by atoms with Gasteiger partial charge in [-0.1, -0.05) is 31.2 Å². The van der Waals surface area contributed by atoms with Crippen LogP contribution < -0.4 is 0 Å². The number of rotatable bonds is 6. The maximum Gasteiger partial charge on any atom is 0.228 e. The summed E-state index contributed by atoms with van der Waals surface area (Å²) in [7, 11) is 0. The first-order valence-corrected chi connectivity index (χ1v) is 11.4. The lowest BCUT2D eigenvalue weighted by atomic mass is 10.1. The van der Waals surface area contributed by atoms with Crippen molar-refractivity contribution in [2.24, 2.45) is 0 Å². The molecule has 4 rings (SSSR count). The molecule has 1 amide bonds. The normalized spacial score (nSPS) is 18.9. The molecule has 3 heterocycles. The number of thiazole rings is 1. The molecule has 156 valence electrons. The summed E-state index contributed by atoms with van der Waals surface area (Å²) in [4.78, 5) is 24.1. The molecule has 0 aliphatic carbocycles. The summed E-state index contributed by atoms with van der Waals surface area (Å²) in [5, 5.41) is 3.01. The number of amides is 1. The van der Waals surface area contributed by atoms with Gasteiger partial charge in [-0.25, -0.2) is 4.98 Å². The molecule has 2 fully saturated rings. The topological polar surface area (TPSA) is 48.9 Å². The Labute approximate surface area is 177 Å². The Hall–Kier alpha value is -1.80. The molecule has 6 nitrogen and oxygen atoms in total. The molecule has 0 spiro atoms. The molecule has 0 atom stereocenters. The second-order valence-electron chi connectivity index (χ2n) is 7.72. The van der Waals surface area contributed by atoms with E-state index >= 15 is 0 Å². The van der Waals surface area contributed by atoms with Crippen LogP contribution in [0.25, 0.3) is 10.6 Å². The highest BCUT2D eigenvalue weighted by molar-refractivity contribution is 7.13. The van der Waals surface area contributed by atoms with Crippen LogP contribution in [0, 0.1) is 0 Å². The number of ether oxygens (including phenoxy) is 1. The molecule has 1 aromatic carbocycles. The molecule has 0 N–H and O–H groups in total. The van der Waals surface area contributed by atoms with E-state index in [1.165, 1.54) is 5.56 Å². The van der Waals surface area contributed by atoms with Crippen LogP contribution in [0.15, 0.2) is 29.6 Å². The summed E-state index contributed by atoms with van der Waals surface area (Å²) in [6, 6.07) is 8.66. The molecule has 2 aliphatic rings. The summed E-state index contributed by atoms with van der Waals surface area (Å²) in [5.41, 5.74) is 3.31. The third-order valence-electron chi connectivity index (χ3n) is 5.77. The first-order chi connectivity index (χ1) is 14.2. The molecule has 0 radical (unpaired) electrons. The Kier molecular flexibility index (Phi) is 6.92. The van der Waals surface area contributed by atoms with Crippen LogP contribution in [-0.4, -0.2) is 84.6 Å². The zero-order valence-electron chi connectivity index (χ0n) is 17.2. The van der Waals surface area contributed by atoms with E-state index < -0.39 is 0 Å². The standard InChI is InChI=1S/C22H30N4O2S/c1-2-24-7-9-26(10-8-24)21(27)15-20-17-29-22(23-20)19-5-3-18(4-6-19)16-25-11-13-28-14-12-25/h3-6,17H,2,7-16H2,1H3. The molecule has 2 aromatic rings. The van der Waals surface area contributed by atoms with Gasteiger partial charge < -0.3 is 14.5 Å². The Bertz CT molecular complexity index is 793. The third-order valence-corrected chi connectivity index (χ3v) is 6.71. The SMILES string of the molecule is CCN1CCN(C(=O)Cc2csc(-c3ccc(CN4CCOCC4)cc3)n2)CC1. The van der Waals surface area contributed by atoms with E-state index in [1.54, 1.807) is 11.3 Å². The van der Waals surface area contributed by atoms with Gasteiger partial charge in [0.1, 0.15) is 5.01 Å². The van der Waals surface area contributed by atoms with Crippen LogP contribution in [0.4, 0.5) is 0 Å². The van der Waals surface area contributed by atoms with Gasteiger partial charge >= 0.3 is 0 Å². The molecular formula is C22H30N4O2S. The van der Waals surface area contributed by atoms with E-state index in [1.807, 2.05) is 10.3 Å². The highest BCUT2D eigenvalue weighted by atomic mass is 32.1. The van der Waals surface area contributed by atoms with Crippen molar-refractivity contribution in [3.63, 3.8) is 0 Å². The van der Waals surface area contributed by atoms with Gasteiger partial charge in [-0.2, -0.15) is 0 Å². The fourth-order valence-electron chi connectivity index (χ4n) is 3.87. The number of benzene rings is 1. The average molecular weight is 415 g/mol. The quantitative estimate of drug-likeness (QED) is 0.726. The minimum absolute atomic E-state index is 0.193. The maximum atomic E-state index is 12.6. The summed E-state index contributed by atoms with van der Waals surface area (Å²) in [5.74, 6) is 0.193. The van der Waals surface area contributed by atoms with Crippen molar-refractivity contribution in [2.75, 3.05) is 59.0 Å². The van der Waals surface area contributed by atoms with Crippen molar-refractivity contribution in [2.45, 2.75) is 19.9 Å². The summed E-state index contributed by atoms with van der Waals surface area (Å²) in [6.45, 7) is 11.4.